The maximum Gasteiger partial charge on any atom is 0.258 e. The Morgan fingerprint density at radius 3 is 2.29 bits per heavy atom. The van der Waals surface area contributed by atoms with Crippen molar-refractivity contribution in [3.63, 3.8) is 0 Å². The lowest BCUT2D eigenvalue weighted by Crippen LogP contribution is -2.13. The molecule has 3 aromatic rings. The van der Waals surface area contributed by atoms with Gasteiger partial charge in [-0.2, -0.15) is 5.26 Å². The first-order chi connectivity index (χ1) is 13.3. The Kier molecular flexibility index (Phi) is 5.37. The van der Waals surface area contributed by atoms with Gasteiger partial charge in [-0.1, -0.05) is 39.0 Å². The van der Waals surface area contributed by atoms with Gasteiger partial charge >= 0.3 is 0 Å². The van der Waals surface area contributed by atoms with Gasteiger partial charge in [0.25, 0.3) is 5.91 Å². The van der Waals surface area contributed by atoms with Gasteiger partial charge in [0.2, 0.25) is 5.95 Å². The van der Waals surface area contributed by atoms with Gasteiger partial charge in [-0.15, -0.1) is 0 Å². The van der Waals surface area contributed by atoms with Crippen molar-refractivity contribution >= 4 is 23.2 Å². The van der Waals surface area contributed by atoms with Gasteiger partial charge in [0, 0.05) is 23.8 Å². The molecule has 2 aromatic carbocycles. The van der Waals surface area contributed by atoms with Crippen molar-refractivity contribution in [2.45, 2.75) is 26.2 Å². The average molecular weight is 371 g/mol. The second kappa shape index (κ2) is 7.89. The van der Waals surface area contributed by atoms with Gasteiger partial charge < -0.3 is 10.6 Å². The molecule has 28 heavy (non-hydrogen) atoms. The van der Waals surface area contributed by atoms with E-state index >= 15 is 0 Å². The molecule has 0 bridgehead atoms. The van der Waals surface area contributed by atoms with Crippen LogP contribution in [-0.2, 0) is 5.41 Å². The number of rotatable bonds is 4. The van der Waals surface area contributed by atoms with E-state index in [1.807, 2.05) is 18.2 Å². The molecule has 0 aliphatic carbocycles. The van der Waals surface area contributed by atoms with E-state index in [2.05, 4.69) is 53.5 Å². The zero-order chi connectivity index (χ0) is 20.1. The number of nitrogens with zero attached hydrogens (tertiary/aromatic N) is 3. The standard InChI is InChI=1S/C22H21N5O/c1-22(2,3)17-7-9-18(10-8-17)27-21-24-13-16(14-25-21)20(28)26-19-6-4-5-15(11-19)12-23/h4-11,13-14H,1-3H3,(H,26,28)(H,24,25,27). The minimum absolute atomic E-state index is 0.0940. The number of aromatic nitrogens is 2. The minimum atomic E-state index is -0.337. The van der Waals surface area contributed by atoms with Crippen molar-refractivity contribution in [1.29, 1.82) is 5.26 Å². The first-order valence-corrected chi connectivity index (χ1v) is 8.86. The highest BCUT2D eigenvalue weighted by Crippen LogP contribution is 2.24. The molecule has 1 heterocycles. The summed E-state index contributed by atoms with van der Waals surface area (Å²) in [4.78, 5) is 20.7. The smallest absolute Gasteiger partial charge is 0.258 e. The maximum absolute atomic E-state index is 12.3. The van der Waals surface area contributed by atoms with Crippen LogP contribution in [0.4, 0.5) is 17.3 Å². The monoisotopic (exact) mass is 371 g/mol. The van der Waals surface area contributed by atoms with Gasteiger partial charge in [-0.05, 0) is 41.3 Å². The van der Waals surface area contributed by atoms with E-state index in [9.17, 15) is 4.79 Å². The molecule has 6 nitrogen and oxygen atoms in total. The van der Waals surface area contributed by atoms with Crippen molar-refractivity contribution in [3.05, 3.63) is 77.6 Å². The van der Waals surface area contributed by atoms with Crippen LogP contribution in [0, 0.1) is 11.3 Å². The van der Waals surface area contributed by atoms with Crippen LogP contribution in [0.25, 0.3) is 0 Å². The van der Waals surface area contributed by atoms with E-state index in [0.29, 0.717) is 22.8 Å². The van der Waals surface area contributed by atoms with Crippen molar-refractivity contribution in [3.8, 4) is 6.07 Å². The van der Waals surface area contributed by atoms with Crippen LogP contribution in [0.1, 0.15) is 42.3 Å². The molecule has 2 N–H and O–H groups in total. The van der Waals surface area contributed by atoms with Crippen LogP contribution in [0.15, 0.2) is 60.9 Å². The summed E-state index contributed by atoms with van der Waals surface area (Å²) >= 11 is 0. The molecular formula is C22H21N5O. The molecule has 0 unspecified atom stereocenters. The van der Waals surface area contributed by atoms with E-state index in [1.165, 1.54) is 18.0 Å². The quantitative estimate of drug-likeness (QED) is 0.697. The summed E-state index contributed by atoms with van der Waals surface area (Å²) in [6.07, 6.45) is 2.92. The maximum atomic E-state index is 12.3. The number of amides is 1. The predicted octanol–water partition coefficient (Wildman–Crippen LogP) is 4.64. The van der Waals surface area contributed by atoms with Crippen LogP contribution in [0.5, 0.6) is 0 Å². The third-order valence-electron chi connectivity index (χ3n) is 4.17. The summed E-state index contributed by atoms with van der Waals surface area (Å²) < 4.78 is 0. The van der Waals surface area contributed by atoms with Crippen LogP contribution in [0.2, 0.25) is 0 Å². The number of hydrogen-bond acceptors (Lipinski definition) is 5. The van der Waals surface area contributed by atoms with E-state index in [0.717, 1.165) is 5.69 Å². The van der Waals surface area contributed by atoms with Crippen LogP contribution in [0.3, 0.4) is 0 Å². The molecule has 1 aromatic heterocycles. The number of hydrogen-bond donors (Lipinski definition) is 2. The summed E-state index contributed by atoms with van der Waals surface area (Å²) in [5.41, 5.74) is 3.56. The first-order valence-electron chi connectivity index (χ1n) is 8.86. The number of carbonyl (C=O) groups is 1. The fraction of sp³-hybridized carbons (Fsp3) is 0.182. The van der Waals surface area contributed by atoms with Gasteiger partial charge in [-0.3, -0.25) is 4.79 Å². The molecule has 140 valence electrons. The average Bonchev–Trinajstić information content (AvgIpc) is 2.68. The lowest BCUT2D eigenvalue weighted by atomic mass is 9.87. The number of nitriles is 1. The Bertz CT molecular complexity index is 1010. The van der Waals surface area contributed by atoms with Crippen molar-refractivity contribution in [2.75, 3.05) is 10.6 Å². The highest BCUT2D eigenvalue weighted by atomic mass is 16.1. The second-order valence-electron chi connectivity index (χ2n) is 7.39. The van der Waals surface area contributed by atoms with E-state index in [-0.39, 0.29) is 11.3 Å². The van der Waals surface area contributed by atoms with Crippen molar-refractivity contribution in [2.24, 2.45) is 0 Å². The third kappa shape index (κ3) is 4.71. The largest absolute Gasteiger partial charge is 0.324 e. The van der Waals surface area contributed by atoms with Crippen LogP contribution >= 0.6 is 0 Å². The molecule has 0 atom stereocenters. The first kappa shape index (κ1) is 19.1. The molecule has 3 rings (SSSR count). The fourth-order valence-corrected chi connectivity index (χ4v) is 2.56. The Morgan fingerprint density at radius 2 is 1.68 bits per heavy atom. The normalized spacial score (nSPS) is 10.8. The Hall–Kier alpha value is -3.72. The molecular weight excluding hydrogens is 350 g/mol. The summed E-state index contributed by atoms with van der Waals surface area (Å²) in [7, 11) is 0. The molecule has 6 heteroatoms. The molecule has 0 saturated carbocycles. The van der Waals surface area contributed by atoms with E-state index in [4.69, 9.17) is 5.26 Å². The Morgan fingerprint density at radius 1 is 1.00 bits per heavy atom. The summed E-state index contributed by atoms with van der Waals surface area (Å²) in [6.45, 7) is 6.50. The number of carbonyl (C=O) groups excluding carboxylic acids is 1. The molecule has 0 fully saturated rings. The lowest BCUT2D eigenvalue weighted by Gasteiger charge is -2.19. The highest BCUT2D eigenvalue weighted by Gasteiger charge is 2.13. The highest BCUT2D eigenvalue weighted by molar-refractivity contribution is 6.04. The zero-order valence-electron chi connectivity index (χ0n) is 16.0. The number of nitrogens with one attached hydrogen (secondary N) is 2. The summed E-state index contributed by atoms with van der Waals surface area (Å²) in [5.74, 6) is 0.0720. The lowest BCUT2D eigenvalue weighted by molar-refractivity contribution is 0.102. The van der Waals surface area contributed by atoms with Crippen LogP contribution < -0.4 is 10.6 Å². The van der Waals surface area contributed by atoms with Crippen molar-refractivity contribution < 1.29 is 4.79 Å². The summed E-state index contributed by atoms with van der Waals surface area (Å²) in [6, 6.07) is 16.8. The Balaban J connectivity index is 1.66. The Labute approximate surface area is 164 Å². The van der Waals surface area contributed by atoms with Gasteiger partial charge in [0.05, 0.1) is 17.2 Å². The topological polar surface area (TPSA) is 90.7 Å². The molecule has 0 spiro atoms. The van der Waals surface area contributed by atoms with Crippen LogP contribution in [-0.4, -0.2) is 15.9 Å². The number of anilines is 3. The van der Waals surface area contributed by atoms with E-state index < -0.39 is 0 Å². The molecule has 0 radical (unpaired) electrons. The van der Waals surface area contributed by atoms with Gasteiger partial charge in [-0.25, -0.2) is 9.97 Å². The second-order valence-corrected chi connectivity index (χ2v) is 7.39. The predicted molar refractivity (Wildman–Crippen MR) is 110 cm³/mol. The fourth-order valence-electron chi connectivity index (χ4n) is 2.56. The molecule has 0 aliphatic heterocycles. The molecule has 0 saturated heterocycles. The molecule has 1 amide bonds. The third-order valence-corrected chi connectivity index (χ3v) is 4.17. The zero-order valence-corrected chi connectivity index (χ0v) is 16.0. The van der Waals surface area contributed by atoms with Gasteiger partial charge in [0.1, 0.15) is 0 Å². The van der Waals surface area contributed by atoms with E-state index in [1.54, 1.807) is 24.3 Å². The number of benzene rings is 2. The van der Waals surface area contributed by atoms with Gasteiger partial charge in [0.15, 0.2) is 0 Å². The summed E-state index contributed by atoms with van der Waals surface area (Å²) in [5, 5.41) is 14.8. The SMILES string of the molecule is CC(C)(C)c1ccc(Nc2ncc(C(=O)Nc3cccc(C#N)c3)cn2)cc1. The molecule has 0 aliphatic rings. The van der Waals surface area contributed by atoms with Crippen molar-refractivity contribution in [1.82, 2.24) is 9.97 Å². The minimum Gasteiger partial charge on any atom is -0.324 e.